The Balaban J connectivity index is 0.000000183. The molecule has 9 rings (SSSR count). The molecule has 1 aliphatic rings. The molecule has 56 heavy (non-hydrogen) atoms. The zero-order valence-corrected chi connectivity index (χ0v) is 35.4. The molecule has 1 fully saturated rings. The quantitative estimate of drug-likeness (QED) is 0.161. The minimum Gasteiger partial charge on any atom is -0.501 e. The smallest absolute Gasteiger partial charge is 0.126 e. The van der Waals surface area contributed by atoms with Gasteiger partial charge in [-0.05, 0) is 107 Å². The first kappa shape index (κ1) is 39.4. The average molecular weight is 920 g/mol. The number of furan rings is 1. The summed E-state index contributed by atoms with van der Waals surface area (Å²) in [5.41, 5.74) is 11.6. The molecule has 0 N–H and O–H groups in total. The number of rotatable bonds is 5. The van der Waals surface area contributed by atoms with Gasteiger partial charge < -0.3 is 14.1 Å². The Hall–Kier alpha value is -4.81. The molecule has 1 saturated heterocycles. The molecule has 4 heterocycles. The molecule has 0 bridgehead atoms. The van der Waals surface area contributed by atoms with Gasteiger partial charge in [0.2, 0.25) is 0 Å². The van der Waals surface area contributed by atoms with Gasteiger partial charge in [0.15, 0.2) is 0 Å². The molecule has 3 aromatic heterocycles. The number of halogens is 1. The number of aryl methyl sites for hydroxylation is 3. The van der Waals surface area contributed by atoms with Crippen molar-refractivity contribution in [2.45, 2.75) is 79.1 Å². The molecular weight excluding hydrogens is 874 g/mol. The molecule has 0 atom stereocenters. The van der Waals surface area contributed by atoms with Crippen LogP contribution in [0.25, 0.3) is 66.1 Å². The molecule has 287 valence electrons. The maximum Gasteiger partial charge on any atom is 0.126 e. The fourth-order valence-electron chi connectivity index (χ4n) is 7.85. The Morgan fingerprint density at radius 3 is 2.29 bits per heavy atom. The van der Waals surface area contributed by atoms with Gasteiger partial charge in [-0.25, -0.2) is 9.37 Å². The van der Waals surface area contributed by atoms with E-state index >= 15 is 4.39 Å². The molecule has 1 radical (unpaired) electrons. The molecule has 1 aliphatic heterocycles. The third-order valence-corrected chi connectivity index (χ3v) is 10.7. The van der Waals surface area contributed by atoms with Crippen LogP contribution in [-0.2, 0) is 24.8 Å². The van der Waals surface area contributed by atoms with Crippen molar-refractivity contribution in [2.75, 3.05) is 13.2 Å². The summed E-state index contributed by atoms with van der Waals surface area (Å²) >= 11 is 0. The summed E-state index contributed by atoms with van der Waals surface area (Å²) in [6.45, 7) is 16.2. The predicted octanol–water partition coefficient (Wildman–Crippen LogP) is 12.9. The van der Waals surface area contributed by atoms with Gasteiger partial charge in [0.05, 0.1) is 11.1 Å². The molecule has 0 aliphatic carbocycles. The molecule has 8 aromatic rings. The van der Waals surface area contributed by atoms with Crippen LogP contribution in [0.4, 0.5) is 4.39 Å². The zero-order chi connectivity index (χ0) is 38.4. The molecule has 5 aromatic carbocycles. The van der Waals surface area contributed by atoms with Gasteiger partial charge in [-0.1, -0.05) is 82.8 Å². The van der Waals surface area contributed by atoms with Crippen molar-refractivity contribution in [3.8, 4) is 22.5 Å². The van der Waals surface area contributed by atoms with Crippen LogP contribution in [0.2, 0.25) is 0 Å². The van der Waals surface area contributed by atoms with Gasteiger partial charge >= 0.3 is 0 Å². The van der Waals surface area contributed by atoms with E-state index in [2.05, 4.69) is 106 Å². The van der Waals surface area contributed by atoms with Crippen LogP contribution in [0.5, 0.6) is 0 Å². The molecule has 5 nitrogen and oxygen atoms in total. The van der Waals surface area contributed by atoms with E-state index in [1.165, 1.54) is 11.1 Å². The average Bonchev–Trinajstić information content (AvgIpc) is 3.55. The molecule has 7 heteroatoms. The van der Waals surface area contributed by atoms with E-state index in [1.807, 2.05) is 37.3 Å². The molecule has 0 unspecified atom stereocenters. The van der Waals surface area contributed by atoms with Crippen molar-refractivity contribution in [1.29, 1.82) is 0 Å². The first-order chi connectivity index (χ1) is 26.5. The second-order valence-corrected chi connectivity index (χ2v) is 15.5. The van der Waals surface area contributed by atoms with E-state index in [9.17, 15) is 0 Å². The Bertz CT molecular complexity index is 2690. The van der Waals surface area contributed by atoms with E-state index in [4.69, 9.17) is 14.1 Å². The first-order valence-electron chi connectivity index (χ1n) is 19.4. The SMILES string of the molecule is CC(C)c1[c-]c(-c2nccc3cc(C4CCOCC4)c(F)cc23)c2oc3ccccc3c2c1.Cc1[c-]c(-c2nc(C)nc3cc(C(C)C)ccc23)cc(C)c1.[Ir]. The van der Waals surface area contributed by atoms with Crippen LogP contribution in [0, 0.1) is 38.7 Å². The predicted molar refractivity (Wildman–Crippen MR) is 222 cm³/mol. The summed E-state index contributed by atoms with van der Waals surface area (Å²) in [6.07, 6.45) is 3.50. The molecule has 0 amide bonds. The van der Waals surface area contributed by atoms with Gasteiger partial charge in [0, 0.05) is 44.9 Å². The van der Waals surface area contributed by atoms with E-state index in [1.54, 1.807) is 12.3 Å². The Morgan fingerprint density at radius 1 is 0.750 bits per heavy atom. The van der Waals surface area contributed by atoms with Crippen molar-refractivity contribution in [1.82, 2.24) is 15.0 Å². The molecular formula is C49H46FIrN3O2-2. The van der Waals surface area contributed by atoms with E-state index < -0.39 is 0 Å². The standard InChI is InChI=1S/C29H25FNO2.C20H21N2.Ir/c1-17(2)20-14-24-21-5-3-4-6-27(21)33-29(24)25(15-20)28-23-16-26(30)22(13-19(23)7-10-31-28)18-8-11-32-12-9-18;1-12(2)16-6-7-18-19(11-16)21-15(5)22-20(18)17-9-13(3)8-14(4)10-17;/h3-7,10,13-14,16-18H,8-9,11-12H2,1-2H3;6-9,11-12H,1-5H3;/q2*-1;. The number of ether oxygens (including phenoxy) is 1. The summed E-state index contributed by atoms with van der Waals surface area (Å²) in [5, 5.41) is 4.97. The first-order valence-corrected chi connectivity index (χ1v) is 19.4. The third-order valence-electron chi connectivity index (χ3n) is 10.7. The maximum absolute atomic E-state index is 15.4. The van der Waals surface area contributed by atoms with Crippen LogP contribution in [0.15, 0.2) is 89.5 Å². The van der Waals surface area contributed by atoms with Crippen molar-refractivity contribution < 1.29 is 33.6 Å². The van der Waals surface area contributed by atoms with Crippen LogP contribution in [-0.4, -0.2) is 28.2 Å². The van der Waals surface area contributed by atoms with Gasteiger partial charge in [0.25, 0.3) is 0 Å². The Labute approximate surface area is 342 Å². The molecule has 0 saturated carbocycles. The Kier molecular flexibility index (Phi) is 11.5. The van der Waals surface area contributed by atoms with Crippen molar-refractivity contribution in [2.24, 2.45) is 0 Å². The zero-order valence-electron chi connectivity index (χ0n) is 33.0. The van der Waals surface area contributed by atoms with Gasteiger partial charge in [-0.2, -0.15) is 0 Å². The van der Waals surface area contributed by atoms with Crippen LogP contribution < -0.4 is 0 Å². The number of hydrogen-bond donors (Lipinski definition) is 0. The minimum atomic E-state index is -0.176. The number of benzene rings is 5. The summed E-state index contributed by atoms with van der Waals surface area (Å²) in [7, 11) is 0. The minimum absolute atomic E-state index is 0. The second-order valence-electron chi connectivity index (χ2n) is 15.5. The number of pyridine rings is 1. The fraction of sp³-hybridized carbons (Fsp3) is 0.286. The van der Waals surface area contributed by atoms with E-state index in [0.717, 1.165) is 95.8 Å². The number of aromatic nitrogens is 3. The van der Waals surface area contributed by atoms with Crippen LogP contribution >= 0.6 is 0 Å². The summed E-state index contributed by atoms with van der Waals surface area (Å²) < 4.78 is 27.2. The van der Waals surface area contributed by atoms with Crippen molar-refractivity contribution >= 4 is 43.6 Å². The third kappa shape index (κ3) is 7.78. The Morgan fingerprint density at radius 2 is 1.54 bits per heavy atom. The summed E-state index contributed by atoms with van der Waals surface area (Å²) in [6, 6.07) is 33.6. The summed E-state index contributed by atoms with van der Waals surface area (Å²) in [4.78, 5) is 14.0. The van der Waals surface area contributed by atoms with E-state index in [-0.39, 0.29) is 37.8 Å². The molecule has 0 spiro atoms. The second kappa shape index (κ2) is 16.3. The monoisotopic (exact) mass is 920 g/mol. The van der Waals surface area contributed by atoms with Crippen molar-refractivity contribution in [3.05, 3.63) is 137 Å². The fourth-order valence-corrected chi connectivity index (χ4v) is 7.85. The summed E-state index contributed by atoms with van der Waals surface area (Å²) in [5.74, 6) is 1.60. The van der Waals surface area contributed by atoms with Gasteiger partial charge in [-0.15, -0.1) is 52.6 Å². The van der Waals surface area contributed by atoms with Crippen LogP contribution in [0.1, 0.15) is 91.9 Å². The number of hydrogen-bond acceptors (Lipinski definition) is 5. The number of fused-ring (bicyclic) bond motifs is 5. The van der Waals surface area contributed by atoms with Gasteiger partial charge in [0.1, 0.15) is 17.2 Å². The normalized spacial score (nSPS) is 13.5. The van der Waals surface area contributed by atoms with Gasteiger partial charge in [-0.3, -0.25) is 4.98 Å². The number of nitrogens with zero attached hydrogens (tertiary/aromatic N) is 3. The maximum atomic E-state index is 15.4. The number of para-hydroxylation sites is 1. The van der Waals surface area contributed by atoms with E-state index in [0.29, 0.717) is 24.8 Å². The topological polar surface area (TPSA) is 61.0 Å². The largest absolute Gasteiger partial charge is 0.501 e. The van der Waals surface area contributed by atoms with Crippen LogP contribution in [0.3, 0.4) is 0 Å². The van der Waals surface area contributed by atoms with Crippen molar-refractivity contribution in [3.63, 3.8) is 0 Å².